The van der Waals surface area contributed by atoms with Crippen molar-refractivity contribution in [3.05, 3.63) is 0 Å². The van der Waals surface area contributed by atoms with Crippen molar-refractivity contribution >= 4 is 23.8 Å². The van der Waals surface area contributed by atoms with Gasteiger partial charge in [0.05, 0.1) is 18.3 Å². The van der Waals surface area contributed by atoms with E-state index in [9.17, 15) is 19.2 Å². The zero-order valence-electron chi connectivity index (χ0n) is 8.25. The Kier molecular flexibility index (Phi) is 4.93. The molecule has 0 heterocycles. The van der Waals surface area contributed by atoms with Crippen molar-refractivity contribution in [1.82, 2.24) is 0 Å². The van der Waals surface area contributed by atoms with Crippen molar-refractivity contribution in [2.24, 2.45) is 23.3 Å². The van der Waals surface area contributed by atoms with Crippen LogP contribution in [0, 0.1) is 11.8 Å². The third-order valence-corrected chi connectivity index (χ3v) is 1.98. The zero-order valence-corrected chi connectivity index (χ0v) is 8.25. The van der Waals surface area contributed by atoms with Crippen LogP contribution in [-0.4, -0.2) is 34.0 Å². The molecule has 2 amide bonds. The molecule has 8 nitrogen and oxygen atoms in total. The van der Waals surface area contributed by atoms with Crippen LogP contribution >= 0.6 is 0 Å². The molecule has 2 unspecified atom stereocenters. The smallest absolute Gasteiger partial charge is 0.307 e. The highest BCUT2D eigenvalue weighted by molar-refractivity contribution is 5.89. The first kappa shape index (κ1) is 13.9. The van der Waals surface area contributed by atoms with Crippen LogP contribution in [0.5, 0.6) is 0 Å². The van der Waals surface area contributed by atoms with E-state index in [-0.39, 0.29) is 0 Å². The number of primary amides is 2. The third kappa shape index (κ3) is 4.40. The lowest BCUT2D eigenvalue weighted by atomic mass is 9.86. The Hall–Kier alpha value is -2.12. The number of hydrogen-bond donors (Lipinski definition) is 4. The topological polar surface area (TPSA) is 161 Å². The first-order valence-corrected chi connectivity index (χ1v) is 4.28. The molecule has 8 heteroatoms. The Balaban J connectivity index is 4.93. The molecule has 0 saturated carbocycles. The molecule has 16 heavy (non-hydrogen) atoms. The fraction of sp³-hybridized carbons (Fsp3) is 0.500. The summed E-state index contributed by atoms with van der Waals surface area (Å²) in [6.45, 7) is 0. The van der Waals surface area contributed by atoms with Crippen LogP contribution in [-0.2, 0) is 19.2 Å². The predicted octanol–water partition coefficient (Wildman–Crippen LogP) is -1.86. The molecule has 0 radical (unpaired) electrons. The first-order chi connectivity index (χ1) is 7.25. The Morgan fingerprint density at radius 1 is 0.938 bits per heavy atom. The maximum absolute atomic E-state index is 10.9. The van der Waals surface area contributed by atoms with Gasteiger partial charge in [0.2, 0.25) is 11.8 Å². The summed E-state index contributed by atoms with van der Waals surface area (Å²) in [4.78, 5) is 42.7. The van der Waals surface area contributed by atoms with E-state index in [0.29, 0.717) is 0 Å². The van der Waals surface area contributed by atoms with E-state index < -0.39 is 48.4 Å². The molecular formula is C8H12N2O6. The van der Waals surface area contributed by atoms with Crippen LogP contribution in [0.4, 0.5) is 0 Å². The fourth-order valence-electron chi connectivity index (χ4n) is 1.25. The lowest BCUT2D eigenvalue weighted by Crippen LogP contribution is -2.38. The van der Waals surface area contributed by atoms with Gasteiger partial charge in [-0.3, -0.25) is 19.2 Å². The van der Waals surface area contributed by atoms with Gasteiger partial charge in [-0.25, -0.2) is 0 Å². The van der Waals surface area contributed by atoms with Gasteiger partial charge in [0, 0.05) is 6.42 Å². The molecule has 0 aromatic rings. The summed E-state index contributed by atoms with van der Waals surface area (Å²) in [5.41, 5.74) is 9.71. The summed E-state index contributed by atoms with van der Waals surface area (Å²) < 4.78 is 0. The summed E-state index contributed by atoms with van der Waals surface area (Å²) in [5.74, 6) is -7.85. The summed E-state index contributed by atoms with van der Waals surface area (Å²) in [7, 11) is 0. The molecule has 0 bridgehead atoms. The Morgan fingerprint density at radius 3 is 1.69 bits per heavy atom. The van der Waals surface area contributed by atoms with Crippen molar-refractivity contribution in [3.8, 4) is 0 Å². The van der Waals surface area contributed by atoms with Crippen LogP contribution in [0.3, 0.4) is 0 Å². The highest BCUT2D eigenvalue weighted by Crippen LogP contribution is 2.19. The van der Waals surface area contributed by atoms with E-state index in [1.54, 1.807) is 0 Å². The average Bonchev–Trinajstić information content (AvgIpc) is 2.09. The van der Waals surface area contributed by atoms with Gasteiger partial charge in [-0.05, 0) is 0 Å². The predicted molar refractivity (Wildman–Crippen MR) is 49.9 cm³/mol. The molecule has 0 aliphatic carbocycles. The minimum absolute atomic E-state index is 0.584. The Bertz CT molecular complexity index is 294. The van der Waals surface area contributed by atoms with Gasteiger partial charge in [0.1, 0.15) is 0 Å². The van der Waals surface area contributed by atoms with E-state index in [0.717, 1.165) is 0 Å². The number of carbonyl (C=O) groups excluding carboxylic acids is 2. The maximum Gasteiger partial charge on any atom is 0.307 e. The van der Waals surface area contributed by atoms with Crippen molar-refractivity contribution in [1.29, 1.82) is 0 Å². The molecule has 0 saturated heterocycles. The number of nitrogens with two attached hydrogens (primary N) is 2. The quantitative estimate of drug-likeness (QED) is 0.402. The standard InChI is InChI=1S/C8H12N2O6/c9-5(11)1-3(7(10)14)4(8(15)16)2-6(12)13/h3-4H,1-2H2,(H2,9,11)(H2,10,14)(H,12,13)(H,15,16). The minimum Gasteiger partial charge on any atom is -0.481 e. The number of aliphatic carboxylic acids is 2. The lowest BCUT2D eigenvalue weighted by molar-refractivity contribution is -0.152. The van der Waals surface area contributed by atoms with Gasteiger partial charge in [0.15, 0.2) is 0 Å². The largest absolute Gasteiger partial charge is 0.481 e. The van der Waals surface area contributed by atoms with Crippen LogP contribution in [0.15, 0.2) is 0 Å². The fourth-order valence-corrected chi connectivity index (χ4v) is 1.25. The lowest BCUT2D eigenvalue weighted by Gasteiger charge is -2.18. The van der Waals surface area contributed by atoms with Gasteiger partial charge in [0.25, 0.3) is 0 Å². The summed E-state index contributed by atoms with van der Waals surface area (Å²) in [6.07, 6.45) is -1.38. The molecule has 0 aliphatic heterocycles. The second-order valence-electron chi connectivity index (χ2n) is 3.22. The molecule has 6 N–H and O–H groups in total. The highest BCUT2D eigenvalue weighted by atomic mass is 16.4. The van der Waals surface area contributed by atoms with E-state index in [2.05, 4.69) is 0 Å². The monoisotopic (exact) mass is 232 g/mol. The van der Waals surface area contributed by atoms with Gasteiger partial charge in [-0.1, -0.05) is 0 Å². The van der Waals surface area contributed by atoms with Crippen LogP contribution in [0.25, 0.3) is 0 Å². The van der Waals surface area contributed by atoms with Crippen LogP contribution < -0.4 is 11.5 Å². The number of carboxylic acid groups (broad SMARTS) is 2. The number of carboxylic acids is 2. The van der Waals surface area contributed by atoms with Gasteiger partial charge < -0.3 is 21.7 Å². The molecule has 0 spiro atoms. The molecule has 90 valence electrons. The number of rotatable bonds is 7. The van der Waals surface area contributed by atoms with E-state index in [1.807, 2.05) is 0 Å². The second kappa shape index (κ2) is 5.69. The van der Waals surface area contributed by atoms with Crippen LogP contribution in [0.2, 0.25) is 0 Å². The Labute approximate surface area is 90.2 Å². The summed E-state index contributed by atoms with van der Waals surface area (Å²) in [5, 5.41) is 17.2. The normalized spacial score (nSPS) is 13.8. The zero-order chi connectivity index (χ0) is 12.9. The van der Waals surface area contributed by atoms with Crippen LogP contribution in [0.1, 0.15) is 12.8 Å². The van der Waals surface area contributed by atoms with Crippen molar-refractivity contribution in [2.75, 3.05) is 0 Å². The summed E-state index contributed by atoms with van der Waals surface area (Å²) >= 11 is 0. The third-order valence-electron chi connectivity index (χ3n) is 1.98. The van der Waals surface area contributed by atoms with Crippen molar-refractivity contribution in [2.45, 2.75) is 12.8 Å². The van der Waals surface area contributed by atoms with E-state index in [4.69, 9.17) is 21.7 Å². The second-order valence-corrected chi connectivity index (χ2v) is 3.22. The minimum atomic E-state index is -1.55. The average molecular weight is 232 g/mol. The highest BCUT2D eigenvalue weighted by Gasteiger charge is 2.35. The number of hydrogen-bond acceptors (Lipinski definition) is 4. The van der Waals surface area contributed by atoms with Crippen molar-refractivity contribution < 1.29 is 29.4 Å². The van der Waals surface area contributed by atoms with Crippen molar-refractivity contribution in [3.63, 3.8) is 0 Å². The summed E-state index contributed by atoms with van der Waals surface area (Å²) in [6, 6.07) is 0. The number of carbonyl (C=O) groups is 4. The Morgan fingerprint density at radius 2 is 1.44 bits per heavy atom. The molecule has 0 fully saturated rings. The molecule has 0 rings (SSSR count). The van der Waals surface area contributed by atoms with E-state index >= 15 is 0 Å². The molecule has 0 aromatic heterocycles. The van der Waals surface area contributed by atoms with Gasteiger partial charge in [-0.2, -0.15) is 0 Å². The molecule has 2 atom stereocenters. The van der Waals surface area contributed by atoms with E-state index in [1.165, 1.54) is 0 Å². The number of amides is 2. The molecular weight excluding hydrogens is 220 g/mol. The molecule has 0 aliphatic rings. The maximum atomic E-state index is 10.9. The molecule has 0 aromatic carbocycles. The van der Waals surface area contributed by atoms with Gasteiger partial charge in [-0.15, -0.1) is 0 Å². The van der Waals surface area contributed by atoms with Gasteiger partial charge >= 0.3 is 11.9 Å². The SMILES string of the molecule is NC(=O)CC(C(N)=O)C(CC(=O)O)C(=O)O. The first-order valence-electron chi connectivity index (χ1n) is 4.28.